The third-order valence-electron chi connectivity index (χ3n) is 4.35. The number of oxazole rings is 1. The highest BCUT2D eigenvalue weighted by Crippen LogP contribution is 2.24. The molecule has 0 bridgehead atoms. The van der Waals surface area contributed by atoms with E-state index in [0.29, 0.717) is 22.8 Å². The van der Waals surface area contributed by atoms with Crippen LogP contribution in [0, 0.1) is 0 Å². The van der Waals surface area contributed by atoms with Gasteiger partial charge in [0.1, 0.15) is 5.52 Å². The van der Waals surface area contributed by atoms with E-state index in [2.05, 4.69) is 15.6 Å². The van der Waals surface area contributed by atoms with Gasteiger partial charge in [-0.25, -0.2) is 0 Å². The second kappa shape index (κ2) is 7.33. The summed E-state index contributed by atoms with van der Waals surface area (Å²) in [5, 5.41) is 6.15. The molecule has 3 aromatic carbocycles. The lowest BCUT2D eigenvalue weighted by atomic mass is 10.1. The summed E-state index contributed by atoms with van der Waals surface area (Å²) in [4.78, 5) is 17.2. The highest BCUT2D eigenvalue weighted by Gasteiger charge is 2.16. The number of benzene rings is 3. The maximum absolute atomic E-state index is 12.8. The fourth-order valence-electron chi connectivity index (χ4n) is 2.93. The summed E-state index contributed by atoms with van der Waals surface area (Å²) >= 11 is 0. The Bertz CT molecular complexity index is 1040. The SMILES string of the molecule is C[C@H](NC(=O)c1ccccc1Nc1nc2ccccc2o1)c1ccccc1. The van der Waals surface area contributed by atoms with E-state index in [1.165, 1.54) is 0 Å². The summed E-state index contributed by atoms with van der Waals surface area (Å²) in [5.41, 5.74) is 3.68. The molecule has 0 radical (unpaired) electrons. The summed E-state index contributed by atoms with van der Waals surface area (Å²) in [5.74, 6) is -0.162. The highest BCUT2D eigenvalue weighted by molar-refractivity contribution is 6.00. The number of hydrogen-bond acceptors (Lipinski definition) is 4. The van der Waals surface area contributed by atoms with Gasteiger partial charge in [-0.2, -0.15) is 4.98 Å². The molecule has 4 aromatic rings. The molecule has 0 spiro atoms. The number of fused-ring (bicyclic) bond motifs is 1. The predicted molar refractivity (Wildman–Crippen MR) is 106 cm³/mol. The fourth-order valence-corrected chi connectivity index (χ4v) is 2.93. The highest BCUT2D eigenvalue weighted by atomic mass is 16.4. The lowest BCUT2D eigenvalue weighted by Gasteiger charge is -2.16. The normalized spacial score (nSPS) is 11.9. The van der Waals surface area contributed by atoms with Crippen LogP contribution < -0.4 is 10.6 Å². The molecular formula is C22H19N3O2. The van der Waals surface area contributed by atoms with Crippen molar-refractivity contribution in [2.75, 3.05) is 5.32 Å². The van der Waals surface area contributed by atoms with E-state index in [1.54, 1.807) is 6.07 Å². The first-order valence-corrected chi connectivity index (χ1v) is 8.78. The van der Waals surface area contributed by atoms with Crippen molar-refractivity contribution in [1.82, 2.24) is 10.3 Å². The van der Waals surface area contributed by atoms with Gasteiger partial charge in [-0.3, -0.25) is 4.79 Å². The van der Waals surface area contributed by atoms with E-state index in [0.717, 1.165) is 11.1 Å². The summed E-state index contributed by atoms with van der Waals surface area (Å²) in [6.07, 6.45) is 0. The quantitative estimate of drug-likeness (QED) is 0.524. The summed E-state index contributed by atoms with van der Waals surface area (Å²) in [7, 11) is 0. The van der Waals surface area contributed by atoms with Crippen LogP contribution in [0.1, 0.15) is 28.9 Å². The predicted octanol–water partition coefficient (Wildman–Crippen LogP) is 5.06. The molecule has 1 heterocycles. The van der Waals surface area contributed by atoms with Crippen molar-refractivity contribution >= 4 is 28.7 Å². The van der Waals surface area contributed by atoms with Crippen molar-refractivity contribution in [2.24, 2.45) is 0 Å². The molecular weight excluding hydrogens is 338 g/mol. The van der Waals surface area contributed by atoms with Crippen LogP contribution in [-0.2, 0) is 0 Å². The van der Waals surface area contributed by atoms with Gasteiger partial charge in [0.25, 0.3) is 11.9 Å². The molecule has 1 aromatic heterocycles. The molecule has 1 atom stereocenters. The standard InChI is InChI=1S/C22H19N3O2/c1-15(16-9-3-2-4-10-16)23-21(26)17-11-5-6-12-18(17)24-22-25-19-13-7-8-14-20(19)27-22/h2-15H,1H3,(H,23,26)(H,24,25)/t15-/m0/s1. The topological polar surface area (TPSA) is 67.2 Å². The van der Waals surface area contributed by atoms with Crippen molar-refractivity contribution in [1.29, 1.82) is 0 Å². The first-order valence-electron chi connectivity index (χ1n) is 8.78. The second-order valence-electron chi connectivity index (χ2n) is 6.26. The number of anilines is 2. The van der Waals surface area contributed by atoms with Crippen LogP contribution in [0.4, 0.5) is 11.7 Å². The Labute approximate surface area is 157 Å². The number of carbonyl (C=O) groups excluding carboxylic acids is 1. The van der Waals surface area contributed by atoms with E-state index >= 15 is 0 Å². The molecule has 27 heavy (non-hydrogen) atoms. The smallest absolute Gasteiger partial charge is 0.300 e. The zero-order valence-electron chi connectivity index (χ0n) is 14.8. The molecule has 0 aliphatic rings. The van der Waals surface area contributed by atoms with Gasteiger partial charge in [-0.05, 0) is 36.8 Å². The zero-order chi connectivity index (χ0) is 18.6. The monoisotopic (exact) mass is 357 g/mol. The summed E-state index contributed by atoms with van der Waals surface area (Å²) < 4.78 is 5.70. The van der Waals surface area contributed by atoms with Gasteiger partial charge in [0.05, 0.1) is 17.3 Å². The molecule has 5 nitrogen and oxygen atoms in total. The Hall–Kier alpha value is -3.60. The number of nitrogens with one attached hydrogen (secondary N) is 2. The molecule has 5 heteroatoms. The van der Waals surface area contributed by atoms with Gasteiger partial charge in [0.2, 0.25) is 0 Å². The lowest BCUT2D eigenvalue weighted by molar-refractivity contribution is 0.0940. The van der Waals surface area contributed by atoms with Gasteiger partial charge in [0.15, 0.2) is 5.58 Å². The molecule has 134 valence electrons. The van der Waals surface area contributed by atoms with E-state index in [9.17, 15) is 4.79 Å². The molecule has 0 aliphatic heterocycles. The van der Waals surface area contributed by atoms with Crippen LogP contribution >= 0.6 is 0 Å². The average Bonchev–Trinajstić information content (AvgIpc) is 3.11. The number of aromatic nitrogens is 1. The Morgan fingerprint density at radius 1 is 0.926 bits per heavy atom. The minimum absolute atomic E-state index is 0.101. The van der Waals surface area contributed by atoms with Gasteiger partial charge in [-0.15, -0.1) is 0 Å². The molecule has 1 amide bonds. The molecule has 4 rings (SSSR count). The van der Waals surface area contributed by atoms with Crippen molar-refractivity contribution < 1.29 is 9.21 Å². The fraction of sp³-hybridized carbons (Fsp3) is 0.0909. The van der Waals surface area contributed by atoms with Gasteiger partial charge in [0, 0.05) is 0 Å². The van der Waals surface area contributed by atoms with Crippen molar-refractivity contribution in [3.8, 4) is 0 Å². The van der Waals surface area contributed by atoms with Crippen LogP contribution in [-0.4, -0.2) is 10.9 Å². The van der Waals surface area contributed by atoms with Gasteiger partial charge < -0.3 is 15.1 Å². The number of carbonyl (C=O) groups is 1. The number of hydrogen-bond donors (Lipinski definition) is 2. The second-order valence-corrected chi connectivity index (χ2v) is 6.26. The number of nitrogens with zero attached hydrogens (tertiary/aromatic N) is 1. The molecule has 0 fully saturated rings. The largest absolute Gasteiger partial charge is 0.423 e. The van der Waals surface area contributed by atoms with E-state index in [1.807, 2.05) is 79.7 Å². The average molecular weight is 357 g/mol. The van der Waals surface area contributed by atoms with Crippen LogP contribution in [0.2, 0.25) is 0 Å². The Kier molecular flexibility index (Phi) is 4.58. The number of rotatable bonds is 5. The van der Waals surface area contributed by atoms with Crippen molar-refractivity contribution in [3.05, 3.63) is 90.0 Å². The lowest BCUT2D eigenvalue weighted by Crippen LogP contribution is -2.27. The maximum atomic E-state index is 12.8. The van der Waals surface area contributed by atoms with Crippen molar-refractivity contribution in [2.45, 2.75) is 13.0 Å². The first-order chi connectivity index (χ1) is 13.2. The van der Waals surface area contributed by atoms with E-state index < -0.39 is 0 Å². The Morgan fingerprint density at radius 2 is 1.63 bits per heavy atom. The third-order valence-corrected chi connectivity index (χ3v) is 4.35. The zero-order valence-corrected chi connectivity index (χ0v) is 14.8. The van der Waals surface area contributed by atoms with Crippen LogP contribution in [0.25, 0.3) is 11.1 Å². The van der Waals surface area contributed by atoms with Gasteiger partial charge >= 0.3 is 0 Å². The van der Waals surface area contributed by atoms with Crippen LogP contribution in [0.3, 0.4) is 0 Å². The molecule has 0 saturated carbocycles. The number of para-hydroxylation sites is 3. The maximum Gasteiger partial charge on any atom is 0.300 e. The summed E-state index contributed by atoms with van der Waals surface area (Å²) in [6.45, 7) is 1.96. The minimum atomic E-state index is -0.162. The molecule has 0 aliphatic carbocycles. The Balaban J connectivity index is 1.56. The molecule has 0 unspecified atom stereocenters. The first kappa shape index (κ1) is 16.8. The van der Waals surface area contributed by atoms with E-state index in [4.69, 9.17) is 4.42 Å². The third kappa shape index (κ3) is 3.67. The van der Waals surface area contributed by atoms with Crippen molar-refractivity contribution in [3.63, 3.8) is 0 Å². The van der Waals surface area contributed by atoms with Crippen LogP contribution in [0.5, 0.6) is 0 Å². The molecule has 2 N–H and O–H groups in total. The minimum Gasteiger partial charge on any atom is -0.423 e. The van der Waals surface area contributed by atoms with E-state index in [-0.39, 0.29) is 11.9 Å². The Morgan fingerprint density at radius 3 is 2.44 bits per heavy atom. The van der Waals surface area contributed by atoms with Gasteiger partial charge in [-0.1, -0.05) is 54.6 Å². The molecule has 0 saturated heterocycles. The van der Waals surface area contributed by atoms with Crippen LogP contribution in [0.15, 0.2) is 83.3 Å². The summed E-state index contributed by atoms with van der Waals surface area (Å²) in [6, 6.07) is 24.9. The number of amides is 1.